The van der Waals surface area contributed by atoms with Crippen molar-refractivity contribution in [2.24, 2.45) is 5.92 Å². The Hall–Kier alpha value is -0.570. The van der Waals surface area contributed by atoms with Crippen molar-refractivity contribution in [3.63, 3.8) is 0 Å². The van der Waals surface area contributed by atoms with Crippen molar-refractivity contribution >= 4 is 5.97 Å². The van der Waals surface area contributed by atoms with E-state index in [9.17, 15) is 4.79 Å². The molecule has 0 aliphatic heterocycles. The maximum absolute atomic E-state index is 10.2. The van der Waals surface area contributed by atoms with Gasteiger partial charge in [0.1, 0.15) is 0 Å². The van der Waals surface area contributed by atoms with E-state index < -0.39 is 5.97 Å². The van der Waals surface area contributed by atoms with Crippen molar-refractivity contribution in [2.75, 3.05) is 13.1 Å². The predicted octanol–water partition coefficient (Wildman–Crippen LogP) is 1.63. The summed E-state index contributed by atoms with van der Waals surface area (Å²) < 4.78 is 0. The summed E-state index contributed by atoms with van der Waals surface area (Å²) in [4.78, 5) is 10.2. The Morgan fingerprint density at radius 3 is 2.69 bits per heavy atom. The number of nitrogens with one attached hydrogen (secondary N) is 1. The Morgan fingerprint density at radius 1 is 1.38 bits per heavy atom. The van der Waals surface area contributed by atoms with Crippen LogP contribution in [0.25, 0.3) is 0 Å². The van der Waals surface area contributed by atoms with Crippen LogP contribution in [0.4, 0.5) is 0 Å². The highest BCUT2D eigenvalue weighted by Gasteiger charge is 2.15. The summed E-state index contributed by atoms with van der Waals surface area (Å²) in [6.45, 7) is 2.11. The number of rotatable bonds is 7. The number of carboxylic acid groups (broad SMARTS) is 1. The van der Waals surface area contributed by atoms with Gasteiger partial charge >= 0.3 is 5.97 Å². The van der Waals surface area contributed by atoms with Gasteiger partial charge in [-0.2, -0.15) is 0 Å². The Bertz CT molecular complexity index is 155. The number of hydrogen-bond acceptors (Lipinski definition) is 2. The fraction of sp³-hybridized carbons (Fsp3) is 0.900. The molecule has 3 nitrogen and oxygen atoms in total. The molecule has 0 heterocycles. The number of aliphatic carboxylic acids is 1. The van der Waals surface area contributed by atoms with Crippen LogP contribution >= 0.6 is 0 Å². The summed E-state index contributed by atoms with van der Waals surface area (Å²) in [6, 6.07) is 0. The minimum Gasteiger partial charge on any atom is -0.481 e. The molecule has 0 bridgehead atoms. The van der Waals surface area contributed by atoms with Crippen molar-refractivity contribution in [3.05, 3.63) is 0 Å². The standard InChI is InChI=1S/C10H19NO2/c12-10(13)6-1-2-7-11-8-9-4-3-5-9/h9,11H,1-8H2,(H,12,13). The Kier molecular flexibility index (Phi) is 4.83. The van der Waals surface area contributed by atoms with E-state index in [0.717, 1.165) is 31.8 Å². The van der Waals surface area contributed by atoms with Crippen molar-refractivity contribution in [2.45, 2.75) is 38.5 Å². The number of carboxylic acids is 1. The van der Waals surface area contributed by atoms with Gasteiger partial charge in [0.25, 0.3) is 0 Å². The van der Waals surface area contributed by atoms with Gasteiger partial charge in [0.15, 0.2) is 0 Å². The maximum Gasteiger partial charge on any atom is 0.303 e. The number of unbranched alkanes of at least 4 members (excludes halogenated alkanes) is 1. The zero-order valence-corrected chi connectivity index (χ0v) is 8.09. The molecule has 2 N–H and O–H groups in total. The molecule has 0 aromatic heterocycles. The molecule has 0 spiro atoms. The smallest absolute Gasteiger partial charge is 0.303 e. The third-order valence-corrected chi connectivity index (χ3v) is 2.65. The van der Waals surface area contributed by atoms with Gasteiger partial charge in [-0.3, -0.25) is 4.79 Å². The van der Waals surface area contributed by atoms with E-state index in [0.29, 0.717) is 6.42 Å². The van der Waals surface area contributed by atoms with E-state index in [1.807, 2.05) is 0 Å². The molecule has 0 amide bonds. The van der Waals surface area contributed by atoms with Crippen LogP contribution in [0.5, 0.6) is 0 Å². The third kappa shape index (κ3) is 4.88. The molecule has 1 aliphatic carbocycles. The highest BCUT2D eigenvalue weighted by atomic mass is 16.4. The minimum atomic E-state index is -0.681. The molecule has 1 saturated carbocycles. The molecule has 0 aromatic carbocycles. The summed E-state index contributed by atoms with van der Waals surface area (Å²) in [5, 5.41) is 11.8. The molecular formula is C10H19NO2. The minimum absolute atomic E-state index is 0.311. The van der Waals surface area contributed by atoms with E-state index in [-0.39, 0.29) is 0 Å². The van der Waals surface area contributed by atoms with Gasteiger partial charge in [0, 0.05) is 6.42 Å². The van der Waals surface area contributed by atoms with Crippen LogP contribution in [-0.4, -0.2) is 24.2 Å². The van der Waals surface area contributed by atoms with Gasteiger partial charge in [0.2, 0.25) is 0 Å². The fourth-order valence-electron chi connectivity index (χ4n) is 1.53. The molecule has 76 valence electrons. The van der Waals surface area contributed by atoms with Crippen LogP contribution in [0.1, 0.15) is 38.5 Å². The third-order valence-electron chi connectivity index (χ3n) is 2.65. The number of hydrogen-bond donors (Lipinski definition) is 2. The van der Waals surface area contributed by atoms with Gasteiger partial charge in [0.05, 0.1) is 0 Å². The van der Waals surface area contributed by atoms with E-state index in [4.69, 9.17) is 5.11 Å². The average Bonchev–Trinajstić information content (AvgIpc) is 1.99. The predicted molar refractivity (Wildman–Crippen MR) is 51.7 cm³/mol. The maximum atomic E-state index is 10.2. The molecule has 0 radical (unpaired) electrons. The van der Waals surface area contributed by atoms with Gasteiger partial charge in [-0.15, -0.1) is 0 Å². The SMILES string of the molecule is O=C(O)CCCCNCC1CCC1. The zero-order chi connectivity index (χ0) is 9.52. The van der Waals surface area contributed by atoms with Crippen LogP contribution in [0.15, 0.2) is 0 Å². The van der Waals surface area contributed by atoms with Crippen molar-refractivity contribution in [1.82, 2.24) is 5.32 Å². The summed E-state index contributed by atoms with van der Waals surface area (Å²) >= 11 is 0. The molecule has 0 atom stereocenters. The Labute approximate surface area is 79.5 Å². The van der Waals surface area contributed by atoms with Crippen LogP contribution in [-0.2, 0) is 4.79 Å². The first-order valence-corrected chi connectivity index (χ1v) is 5.21. The lowest BCUT2D eigenvalue weighted by molar-refractivity contribution is -0.137. The van der Waals surface area contributed by atoms with Gasteiger partial charge in [-0.25, -0.2) is 0 Å². The lowest BCUT2D eigenvalue weighted by atomic mass is 9.85. The van der Waals surface area contributed by atoms with E-state index in [2.05, 4.69) is 5.32 Å². The molecule has 1 rings (SSSR count). The largest absolute Gasteiger partial charge is 0.481 e. The highest BCUT2D eigenvalue weighted by Crippen LogP contribution is 2.24. The van der Waals surface area contributed by atoms with Gasteiger partial charge in [-0.05, 0) is 44.7 Å². The van der Waals surface area contributed by atoms with Crippen molar-refractivity contribution in [3.8, 4) is 0 Å². The van der Waals surface area contributed by atoms with Crippen molar-refractivity contribution < 1.29 is 9.90 Å². The second kappa shape index (κ2) is 5.97. The summed E-state index contributed by atoms with van der Waals surface area (Å²) in [7, 11) is 0. The lowest BCUT2D eigenvalue weighted by Gasteiger charge is -2.25. The quantitative estimate of drug-likeness (QED) is 0.593. The van der Waals surface area contributed by atoms with E-state index in [1.54, 1.807) is 0 Å². The van der Waals surface area contributed by atoms with E-state index >= 15 is 0 Å². The molecule has 13 heavy (non-hydrogen) atoms. The van der Waals surface area contributed by atoms with Crippen LogP contribution in [0, 0.1) is 5.92 Å². The second-order valence-corrected chi connectivity index (χ2v) is 3.85. The van der Waals surface area contributed by atoms with Gasteiger partial charge in [-0.1, -0.05) is 6.42 Å². The molecule has 0 saturated heterocycles. The first-order chi connectivity index (χ1) is 6.29. The summed E-state index contributed by atoms with van der Waals surface area (Å²) in [6.07, 6.45) is 6.24. The van der Waals surface area contributed by atoms with Crippen molar-refractivity contribution in [1.29, 1.82) is 0 Å². The zero-order valence-electron chi connectivity index (χ0n) is 8.09. The first kappa shape index (κ1) is 10.5. The molecule has 0 aromatic rings. The average molecular weight is 185 g/mol. The first-order valence-electron chi connectivity index (χ1n) is 5.21. The van der Waals surface area contributed by atoms with Crippen LogP contribution in [0.3, 0.4) is 0 Å². The van der Waals surface area contributed by atoms with E-state index in [1.165, 1.54) is 19.3 Å². The molecule has 1 aliphatic rings. The molecule has 0 unspecified atom stereocenters. The lowest BCUT2D eigenvalue weighted by Crippen LogP contribution is -2.27. The second-order valence-electron chi connectivity index (χ2n) is 3.85. The monoisotopic (exact) mass is 185 g/mol. The molecular weight excluding hydrogens is 166 g/mol. The Balaban J connectivity index is 1.75. The fourth-order valence-corrected chi connectivity index (χ4v) is 1.53. The highest BCUT2D eigenvalue weighted by molar-refractivity contribution is 5.66. The normalized spacial score (nSPS) is 16.9. The molecule has 1 fully saturated rings. The van der Waals surface area contributed by atoms with Gasteiger partial charge < -0.3 is 10.4 Å². The summed E-state index contributed by atoms with van der Waals surface area (Å²) in [5.74, 6) is 0.221. The van der Waals surface area contributed by atoms with Crippen LogP contribution in [0.2, 0.25) is 0 Å². The van der Waals surface area contributed by atoms with Crippen LogP contribution < -0.4 is 5.32 Å². The Morgan fingerprint density at radius 2 is 2.15 bits per heavy atom. The molecule has 3 heteroatoms. The topological polar surface area (TPSA) is 49.3 Å². The number of carbonyl (C=O) groups is 1. The summed E-state index contributed by atoms with van der Waals surface area (Å²) in [5.41, 5.74) is 0.